The molecule has 0 aromatic heterocycles. The average molecular weight is 203 g/mol. The number of hydrogen-bond donors (Lipinski definition) is 1. The third-order valence-corrected chi connectivity index (χ3v) is 2.25. The fourth-order valence-electron chi connectivity index (χ4n) is 1.55. The van der Waals surface area contributed by atoms with Crippen LogP contribution in [0.5, 0.6) is 0 Å². The van der Waals surface area contributed by atoms with Gasteiger partial charge < -0.3 is 9.84 Å². The molecule has 0 fully saturated rings. The molecule has 0 saturated carbocycles. The van der Waals surface area contributed by atoms with Crippen LogP contribution in [0.25, 0.3) is 0 Å². The lowest BCUT2D eigenvalue weighted by Gasteiger charge is -2.31. The fourth-order valence-corrected chi connectivity index (χ4v) is 1.55. The Morgan fingerprint density at radius 3 is 2.36 bits per heavy atom. The highest BCUT2D eigenvalue weighted by Crippen LogP contribution is 2.08. The van der Waals surface area contributed by atoms with Crippen molar-refractivity contribution in [3.63, 3.8) is 0 Å². The number of rotatable bonds is 7. The number of hydrogen-bond acceptors (Lipinski definition) is 3. The van der Waals surface area contributed by atoms with Crippen molar-refractivity contribution in [2.45, 2.75) is 39.3 Å². The van der Waals surface area contributed by atoms with Crippen LogP contribution in [0.1, 0.15) is 27.2 Å². The van der Waals surface area contributed by atoms with Crippen LogP contribution in [-0.4, -0.2) is 48.3 Å². The maximum atomic E-state index is 10.6. The molecule has 1 atom stereocenters. The van der Waals surface area contributed by atoms with Gasteiger partial charge in [0.1, 0.15) is 0 Å². The van der Waals surface area contributed by atoms with E-state index in [4.69, 9.17) is 9.84 Å². The Hall–Kier alpha value is -0.610. The van der Waals surface area contributed by atoms with E-state index >= 15 is 0 Å². The summed E-state index contributed by atoms with van der Waals surface area (Å²) < 4.78 is 4.99. The molecular formula is C10H21NO3. The first-order chi connectivity index (χ1) is 6.49. The molecule has 0 radical (unpaired) electrons. The molecule has 84 valence electrons. The lowest BCUT2D eigenvalue weighted by Crippen LogP contribution is -2.41. The number of aliphatic carboxylic acids is 1. The van der Waals surface area contributed by atoms with E-state index < -0.39 is 5.97 Å². The molecule has 4 heteroatoms. The molecule has 1 unspecified atom stereocenters. The summed E-state index contributed by atoms with van der Waals surface area (Å²) in [5.74, 6) is -0.749. The minimum absolute atomic E-state index is 0.0580. The maximum Gasteiger partial charge on any atom is 0.304 e. The van der Waals surface area contributed by atoms with Crippen molar-refractivity contribution in [2.75, 3.05) is 20.3 Å². The first-order valence-corrected chi connectivity index (χ1v) is 4.95. The number of carboxylic acid groups (broad SMARTS) is 1. The van der Waals surface area contributed by atoms with Crippen LogP contribution in [0.2, 0.25) is 0 Å². The molecule has 0 aliphatic carbocycles. The second-order valence-corrected chi connectivity index (χ2v) is 3.77. The molecule has 0 heterocycles. The predicted molar refractivity (Wildman–Crippen MR) is 55.4 cm³/mol. The second-order valence-electron chi connectivity index (χ2n) is 3.77. The fraction of sp³-hybridized carbons (Fsp3) is 0.900. The number of ether oxygens (including phenoxy) is 1. The van der Waals surface area contributed by atoms with Crippen LogP contribution < -0.4 is 0 Å². The first kappa shape index (κ1) is 13.4. The summed E-state index contributed by atoms with van der Waals surface area (Å²) in [4.78, 5) is 12.7. The van der Waals surface area contributed by atoms with Crippen LogP contribution in [0.3, 0.4) is 0 Å². The zero-order valence-electron chi connectivity index (χ0n) is 9.49. The molecule has 0 aliphatic heterocycles. The van der Waals surface area contributed by atoms with E-state index in [1.54, 1.807) is 7.11 Å². The van der Waals surface area contributed by atoms with Gasteiger partial charge in [-0.25, -0.2) is 0 Å². The van der Waals surface area contributed by atoms with Gasteiger partial charge in [-0.05, 0) is 20.8 Å². The van der Waals surface area contributed by atoms with E-state index in [1.807, 2.05) is 6.92 Å². The molecular weight excluding hydrogens is 182 g/mol. The van der Waals surface area contributed by atoms with Gasteiger partial charge in [-0.2, -0.15) is 0 Å². The number of carbonyl (C=O) groups is 1. The predicted octanol–water partition coefficient (Wildman–Crippen LogP) is 1.21. The maximum absolute atomic E-state index is 10.6. The zero-order valence-corrected chi connectivity index (χ0v) is 9.49. The van der Waals surface area contributed by atoms with Crippen LogP contribution in [-0.2, 0) is 9.53 Å². The summed E-state index contributed by atoms with van der Waals surface area (Å²) in [7, 11) is 1.65. The minimum Gasteiger partial charge on any atom is -0.481 e. The molecule has 0 rings (SSSR count). The lowest BCUT2D eigenvalue weighted by molar-refractivity contribution is -0.138. The highest BCUT2D eigenvalue weighted by Gasteiger charge is 2.18. The van der Waals surface area contributed by atoms with Gasteiger partial charge in [0.05, 0.1) is 13.0 Å². The molecule has 0 aromatic carbocycles. The third kappa shape index (κ3) is 5.19. The zero-order chi connectivity index (χ0) is 11.1. The molecule has 0 saturated heterocycles. The summed E-state index contributed by atoms with van der Waals surface area (Å²) in [6.07, 6.45) is 0.182. The smallest absolute Gasteiger partial charge is 0.304 e. The van der Waals surface area contributed by atoms with E-state index in [9.17, 15) is 4.79 Å². The van der Waals surface area contributed by atoms with Gasteiger partial charge in [-0.3, -0.25) is 9.69 Å². The Bertz CT molecular complexity index is 171. The van der Waals surface area contributed by atoms with E-state index in [1.165, 1.54) is 0 Å². The molecule has 0 amide bonds. The van der Waals surface area contributed by atoms with Crippen molar-refractivity contribution in [1.29, 1.82) is 0 Å². The van der Waals surface area contributed by atoms with Crippen molar-refractivity contribution in [2.24, 2.45) is 0 Å². The van der Waals surface area contributed by atoms with Crippen molar-refractivity contribution >= 4 is 5.97 Å². The van der Waals surface area contributed by atoms with Crippen LogP contribution in [0.15, 0.2) is 0 Å². The van der Waals surface area contributed by atoms with Gasteiger partial charge in [0.25, 0.3) is 0 Å². The van der Waals surface area contributed by atoms with E-state index in [0.29, 0.717) is 12.6 Å². The summed E-state index contributed by atoms with van der Waals surface area (Å²) in [6, 6.07) is 0.405. The van der Waals surface area contributed by atoms with Crippen molar-refractivity contribution < 1.29 is 14.6 Å². The number of nitrogens with zero attached hydrogens (tertiary/aromatic N) is 1. The van der Waals surface area contributed by atoms with Crippen molar-refractivity contribution in [1.82, 2.24) is 4.90 Å². The largest absolute Gasteiger partial charge is 0.481 e. The van der Waals surface area contributed by atoms with Crippen LogP contribution >= 0.6 is 0 Å². The summed E-state index contributed by atoms with van der Waals surface area (Å²) in [5.41, 5.74) is 0. The van der Waals surface area contributed by atoms with Gasteiger partial charge in [-0.15, -0.1) is 0 Å². The molecule has 0 spiro atoms. The SMILES string of the molecule is COCCN(C(C)C)C(C)CC(=O)O. The Labute approximate surface area is 85.9 Å². The standard InChI is InChI=1S/C10H21NO3/c1-8(2)11(5-6-14-4)9(3)7-10(12)13/h8-9H,5-7H2,1-4H3,(H,12,13). The first-order valence-electron chi connectivity index (χ1n) is 4.95. The van der Waals surface area contributed by atoms with Gasteiger partial charge in [0.15, 0.2) is 0 Å². The molecule has 0 aliphatic rings. The third-order valence-electron chi connectivity index (χ3n) is 2.25. The van der Waals surface area contributed by atoms with Crippen LogP contribution in [0, 0.1) is 0 Å². The summed E-state index contributed by atoms with van der Waals surface area (Å²) >= 11 is 0. The van der Waals surface area contributed by atoms with E-state index in [2.05, 4.69) is 18.7 Å². The summed E-state index contributed by atoms with van der Waals surface area (Å²) in [5, 5.41) is 8.68. The molecule has 0 bridgehead atoms. The topological polar surface area (TPSA) is 49.8 Å². The van der Waals surface area contributed by atoms with Gasteiger partial charge in [-0.1, -0.05) is 0 Å². The van der Waals surface area contributed by atoms with Crippen molar-refractivity contribution in [3.05, 3.63) is 0 Å². The number of methoxy groups -OCH3 is 1. The average Bonchev–Trinajstić information content (AvgIpc) is 2.02. The summed E-state index contributed by atoms with van der Waals surface area (Å²) in [6.45, 7) is 7.48. The molecule has 4 nitrogen and oxygen atoms in total. The molecule has 0 aromatic rings. The lowest BCUT2D eigenvalue weighted by atomic mass is 10.1. The normalized spacial score (nSPS) is 13.6. The Balaban J connectivity index is 4.10. The van der Waals surface area contributed by atoms with Crippen molar-refractivity contribution in [3.8, 4) is 0 Å². The highest BCUT2D eigenvalue weighted by molar-refractivity contribution is 5.67. The van der Waals surface area contributed by atoms with Gasteiger partial charge in [0.2, 0.25) is 0 Å². The minimum atomic E-state index is -0.749. The van der Waals surface area contributed by atoms with Gasteiger partial charge in [0, 0.05) is 25.7 Å². The second kappa shape index (κ2) is 6.79. The molecule has 1 N–H and O–H groups in total. The highest BCUT2D eigenvalue weighted by atomic mass is 16.5. The Morgan fingerprint density at radius 1 is 1.43 bits per heavy atom. The monoisotopic (exact) mass is 203 g/mol. The Morgan fingerprint density at radius 2 is 2.00 bits per heavy atom. The Kier molecular flexibility index (Phi) is 6.49. The number of carboxylic acids is 1. The van der Waals surface area contributed by atoms with E-state index in [-0.39, 0.29) is 12.5 Å². The van der Waals surface area contributed by atoms with Gasteiger partial charge >= 0.3 is 5.97 Å². The van der Waals surface area contributed by atoms with Crippen LogP contribution in [0.4, 0.5) is 0 Å². The molecule has 14 heavy (non-hydrogen) atoms. The van der Waals surface area contributed by atoms with E-state index in [0.717, 1.165) is 6.54 Å². The quantitative estimate of drug-likeness (QED) is 0.675.